The predicted octanol–water partition coefficient (Wildman–Crippen LogP) is 1.28. The highest BCUT2D eigenvalue weighted by Gasteiger charge is 2.24. The van der Waals surface area contributed by atoms with Gasteiger partial charge in [0.15, 0.2) is 0 Å². The van der Waals surface area contributed by atoms with E-state index in [9.17, 15) is 8.42 Å². The standard InChI is InChI=1S/C13H18N2O2S/c1-12-11-15(9-8-14-12)18(16,17)10-7-13-5-3-2-4-6-13/h2-7,10,12,14H,8-9,11H2,1H3/b10-7+/t12-/m0/s1. The van der Waals surface area contributed by atoms with E-state index in [1.54, 1.807) is 6.08 Å². The van der Waals surface area contributed by atoms with Gasteiger partial charge in [-0.15, -0.1) is 0 Å². The third-order valence-corrected chi connectivity index (χ3v) is 4.45. The van der Waals surface area contributed by atoms with E-state index in [1.165, 1.54) is 9.71 Å². The Morgan fingerprint density at radius 3 is 2.72 bits per heavy atom. The molecule has 1 aliphatic heterocycles. The maximum Gasteiger partial charge on any atom is 0.236 e. The summed E-state index contributed by atoms with van der Waals surface area (Å²) in [6.45, 7) is 3.76. The van der Waals surface area contributed by atoms with Gasteiger partial charge in [0.25, 0.3) is 0 Å². The number of nitrogens with one attached hydrogen (secondary N) is 1. The smallest absolute Gasteiger partial charge is 0.236 e. The minimum absolute atomic E-state index is 0.207. The van der Waals surface area contributed by atoms with Crippen molar-refractivity contribution in [2.75, 3.05) is 19.6 Å². The van der Waals surface area contributed by atoms with Crippen LogP contribution >= 0.6 is 0 Å². The van der Waals surface area contributed by atoms with Crippen molar-refractivity contribution >= 4 is 16.1 Å². The average molecular weight is 266 g/mol. The Morgan fingerprint density at radius 1 is 1.33 bits per heavy atom. The predicted molar refractivity (Wildman–Crippen MR) is 73.4 cm³/mol. The Bertz CT molecular complexity index is 511. The van der Waals surface area contributed by atoms with Crippen LogP contribution in [0.2, 0.25) is 0 Å². The third kappa shape index (κ3) is 3.41. The third-order valence-electron chi connectivity index (χ3n) is 2.92. The highest BCUT2D eigenvalue weighted by molar-refractivity contribution is 7.92. The zero-order chi connectivity index (χ0) is 13.0. The first-order valence-corrected chi connectivity index (χ1v) is 7.55. The van der Waals surface area contributed by atoms with Crippen molar-refractivity contribution in [2.45, 2.75) is 13.0 Å². The fourth-order valence-corrected chi connectivity index (χ4v) is 3.22. The Morgan fingerprint density at radius 2 is 2.06 bits per heavy atom. The number of benzene rings is 1. The molecule has 5 heteroatoms. The first kappa shape index (κ1) is 13.3. The topological polar surface area (TPSA) is 49.4 Å². The normalized spacial score (nSPS) is 22.4. The van der Waals surface area contributed by atoms with E-state index >= 15 is 0 Å². The van der Waals surface area contributed by atoms with Gasteiger partial charge in [0.05, 0.1) is 0 Å². The van der Waals surface area contributed by atoms with Crippen molar-refractivity contribution in [3.63, 3.8) is 0 Å². The van der Waals surface area contributed by atoms with Gasteiger partial charge in [0.1, 0.15) is 0 Å². The summed E-state index contributed by atoms with van der Waals surface area (Å²) in [5.41, 5.74) is 0.893. The molecular formula is C13H18N2O2S. The van der Waals surface area contributed by atoms with Gasteiger partial charge in [-0.25, -0.2) is 8.42 Å². The van der Waals surface area contributed by atoms with Crippen LogP contribution in [0, 0.1) is 0 Å². The molecule has 0 aliphatic carbocycles. The molecule has 0 bridgehead atoms. The first-order valence-electron chi connectivity index (χ1n) is 6.04. The Balaban J connectivity index is 2.09. The van der Waals surface area contributed by atoms with E-state index in [1.807, 2.05) is 37.3 Å². The second-order valence-corrected chi connectivity index (χ2v) is 6.29. The van der Waals surface area contributed by atoms with Gasteiger partial charge in [-0.3, -0.25) is 0 Å². The number of nitrogens with zero attached hydrogens (tertiary/aromatic N) is 1. The largest absolute Gasteiger partial charge is 0.312 e. The molecular weight excluding hydrogens is 248 g/mol. The van der Waals surface area contributed by atoms with Crippen molar-refractivity contribution in [2.24, 2.45) is 0 Å². The lowest BCUT2D eigenvalue weighted by molar-refractivity contribution is 0.313. The van der Waals surface area contributed by atoms with Gasteiger partial charge < -0.3 is 5.32 Å². The van der Waals surface area contributed by atoms with E-state index in [0.29, 0.717) is 19.6 Å². The van der Waals surface area contributed by atoms with Crippen LogP contribution in [0.3, 0.4) is 0 Å². The molecule has 1 aromatic rings. The maximum atomic E-state index is 12.1. The lowest BCUT2D eigenvalue weighted by Gasteiger charge is -2.29. The molecule has 0 saturated carbocycles. The average Bonchev–Trinajstić information content (AvgIpc) is 2.38. The fraction of sp³-hybridized carbons (Fsp3) is 0.385. The van der Waals surface area contributed by atoms with E-state index in [4.69, 9.17) is 0 Å². The van der Waals surface area contributed by atoms with Gasteiger partial charge in [-0.05, 0) is 18.6 Å². The van der Waals surface area contributed by atoms with Gasteiger partial charge in [-0.1, -0.05) is 30.3 Å². The summed E-state index contributed by atoms with van der Waals surface area (Å²) in [4.78, 5) is 0. The molecule has 0 amide bonds. The van der Waals surface area contributed by atoms with Crippen LogP contribution in [0.25, 0.3) is 6.08 Å². The van der Waals surface area contributed by atoms with E-state index in [-0.39, 0.29) is 6.04 Å². The summed E-state index contributed by atoms with van der Waals surface area (Å²) in [6.07, 6.45) is 1.64. The minimum atomic E-state index is -3.30. The van der Waals surface area contributed by atoms with Crippen LogP contribution in [0.4, 0.5) is 0 Å². The summed E-state index contributed by atoms with van der Waals surface area (Å²) in [6, 6.07) is 9.65. The minimum Gasteiger partial charge on any atom is -0.312 e. The summed E-state index contributed by atoms with van der Waals surface area (Å²) in [5.74, 6) is 0. The quantitative estimate of drug-likeness (QED) is 0.896. The number of rotatable bonds is 3. The summed E-state index contributed by atoms with van der Waals surface area (Å²) < 4.78 is 25.8. The molecule has 0 unspecified atom stereocenters. The molecule has 1 aliphatic rings. The van der Waals surface area contributed by atoms with Gasteiger partial charge in [0.2, 0.25) is 10.0 Å². The summed E-state index contributed by atoms with van der Waals surface area (Å²) in [7, 11) is -3.30. The monoisotopic (exact) mass is 266 g/mol. The lowest BCUT2D eigenvalue weighted by Crippen LogP contribution is -2.50. The molecule has 98 valence electrons. The van der Waals surface area contributed by atoms with Crippen molar-refractivity contribution in [3.8, 4) is 0 Å². The van der Waals surface area contributed by atoms with E-state index in [2.05, 4.69) is 5.32 Å². The maximum absolute atomic E-state index is 12.1. The molecule has 0 aromatic heterocycles. The molecule has 1 N–H and O–H groups in total. The molecule has 18 heavy (non-hydrogen) atoms. The Kier molecular flexibility index (Phi) is 4.16. The zero-order valence-electron chi connectivity index (χ0n) is 10.4. The van der Waals surface area contributed by atoms with Crippen LogP contribution < -0.4 is 5.32 Å². The molecule has 1 heterocycles. The van der Waals surface area contributed by atoms with Crippen LogP contribution in [-0.2, 0) is 10.0 Å². The highest BCUT2D eigenvalue weighted by Crippen LogP contribution is 2.10. The Labute approximate surface area is 108 Å². The second-order valence-electron chi connectivity index (χ2n) is 4.47. The van der Waals surface area contributed by atoms with E-state index in [0.717, 1.165) is 5.56 Å². The zero-order valence-corrected chi connectivity index (χ0v) is 11.2. The summed E-state index contributed by atoms with van der Waals surface area (Å²) >= 11 is 0. The first-order chi connectivity index (χ1) is 8.58. The van der Waals surface area contributed by atoms with Gasteiger partial charge in [-0.2, -0.15) is 4.31 Å². The van der Waals surface area contributed by atoms with E-state index < -0.39 is 10.0 Å². The number of piperazine rings is 1. The number of hydrogen-bond acceptors (Lipinski definition) is 3. The molecule has 1 fully saturated rings. The fourth-order valence-electron chi connectivity index (χ4n) is 1.94. The second kappa shape index (κ2) is 5.65. The van der Waals surface area contributed by atoms with Crippen LogP contribution in [0.15, 0.2) is 35.7 Å². The number of sulfonamides is 1. The molecule has 1 saturated heterocycles. The number of hydrogen-bond donors (Lipinski definition) is 1. The molecule has 4 nitrogen and oxygen atoms in total. The van der Waals surface area contributed by atoms with Crippen molar-refractivity contribution in [3.05, 3.63) is 41.3 Å². The SMILES string of the molecule is C[C@H]1CN(S(=O)(=O)/C=C/c2ccccc2)CCN1. The lowest BCUT2D eigenvalue weighted by atomic mass is 10.2. The molecule has 0 spiro atoms. The highest BCUT2D eigenvalue weighted by atomic mass is 32.2. The van der Waals surface area contributed by atoms with Crippen molar-refractivity contribution < 1.29 is 8.42 Å². The van der Waals surface area contributed by atoms with Gasteiger partial charge >= 0.3 is 0 Å². The summed E-state index contributed by atoms with van der Waals surface area (Å²) in [5, 5.41) is 4.52. The Hall–Kier alpha value is -1.17. The molecule has 1 atom stereocenters. The van der Waals surface area contributed by atoms with Crippen LogP contribution in [0.1, 0.15) is 12.5 Å². The molecule has 0 radical (unpaired) electrons. The van der Waals surface area contributed by atoms with Crippen molar-refractivity contribution in [1.29, 1.82) is 0 Å². The van der Waals surface area contributed by atoms with Crippen LogP contribution in [-0.4, -0.2) is 38.4 Å². The molecule has 1 aromatic carbocycles. The van der Waals surface area contributed by atoms with Gasteiger partial charge in [0, 0.05) is 31.1 Å². The van der Waals surface area contributed by atoms with Crippen molar-refractivity contribution in [1.82, 2.24) is 9.62 Å². The van der Waals surface area contributed by atoms with Crippen LogP contribution in [0.5, 0.6) is 0 Å². The molecule has 2 rings (SSSR count).